The fourth-order valence-corrected chi connectivity index (χ4v) is 4.69. The molecule has 5 nitrogen and oxygen atoms in total. The summed E-state index contributed by atoms with van der Waals surface area (Å²) < 4.78 is 16.6. The predicted molar refractivity (Wildman–Crippen MR) is 125 cm³/mol. The van der Waals surface area contributed by atoms with Gasteiger partial charge in [-0.3, -0.25) is 4.79 Å². The zero-order valence-electron chi connectivity index (χ0n) is 18.4. The van der Waals surface area contributed by atoms with Crippen molar-refractivity contribution in [1.82, 2.24) is 0 Å². The van der Waals surface area contributed by atoms with Crippen LogP contribution in [-0.4, -0.2) is 15.2 Å². The quantitative estimate of drug-likeness (QED) is 0.534. The van der Waals surface area contributed by atoms with Gasteiger partial charge in [-0.05, 0) is 73.2 Å². The summed E-state index contributed by atoms with van der Waals surface area (Å²) in [6, 6.07) is 10.6. The van der Waals surface area contributed by atoms with Crippen molar-refractivity contribution in [3.8, 4) is 6.07 Å². The first-order chi connectivity index (χ1) is 14.6. The summed E-state index contributed by atoms with van der Waals surface area (Å²) in [5.74, 6) is -0.483. The van der Waals surface area contributed by atoms with E-state index in [1.807, 2.05) is 26.0 Å². The lowest BCUT2D eigenvalue weighted by Gasteiger charge is -2.18. The molecule has 0 aliphatic carbocycles. The molecule has 0 aliphatic heterocycles. The lowest BCUT2D eigenvalue weighted by molar-refractivity contribution is -0.117. The molecule has 0 fully saturated rings. The van der Waals surface area contributed by atoms with E-state index in [1.165, 1.54) is 6.07 Å². The second-order valence-electron chi connectivity index (χ2n) is 8.05. The molecule has 2 aromatic rings. The standard InChI is InChI=1S/C24H29ClN2O3S/c1-5-7-17-11-16(15-26)12-18(8-6-2)20(17)14-23(28)27-31(30)22-10-9-19(13-21(22)25)24(3,4)29/h9-13,29,31H,5-8,14H2,1-4H3. The first-order valence-electron chi connectivity index (χ1n) is 10.4. The van der Waals surface area contributed by atoms with E-state index in [0.29, 0.717) is 11.1 Å². The second kappa shape index (κ2) is 10.9. The lowest BCUT2D eigenvalue weighted by atomic mass is 9.91. The summed E-state index contributed by atoms with van der Waals surface area (Å²) in [6.07, 6.45) is 3.32. The highest BCUT2D eigenvalue weighted by Crippen LogP contribution is 2.27. The van der Waals surface area contributed by atoms with Gasteiger partial charge in [0.05, 0.1) is 44.2 Å². The average molecular weight is 461 g/mol. The second-order valence-corrected chi connectivity index (χ2v) is 9.69. The van der Waals surface area contributed by atoms with E-state index in [0.717, 1.165) is 42.4 Å². The van der Waals surface area contributed by atoms with Crippen LogP contribution >= 0.6 is 11.6 Å². The van der Waals surface area contributed by atoms with Crippen LogP contribution in [0, 0.1) is 11.3 Å². The number of halogens is 1. The first-order valence-corrected chi connectivity index (χ1v) is 12.0. The smallest absolute Gasteiger partial charge is 0.258 e. The zero-order chi connectivity index (χ0) is 23.2. The van der Waals surface area contributed by atoms with Crippen molar-refractivity contribution in [2.45, 2.75) is 70.3 Å². The topological polar surface area (TPSA) is 90.5 Å². The molecule has 0 spiro atoms. The maximum Gasteiger partial charge on any atom is 0.258 e. The summed E-state index contributed by atoms with van der Waals surface area (Å²) in [4.78, 5) is 13.0. The Morgan fingerprint density at radius 1 is 1.16 bits per heavy atom. The largest absolute Gasteiger partial charge is 0.386 e. The number of carbonyl (C=O) groups is 1. The molecule has 0 heterocycles. The van der Waals surface area contributed by atoms with Crippen LogP contribution in [0.4, 0.5) is 0 Å². The number of amides is 1. The van der Waals surface area contributed by atoms with Crippen molar-refractivity contribution in [2.24, 2.45) is 4.36 Å². The minimum absolute atomic E-state index is 0.0385. The van der Waals surface area contributed by atoms with Crippen LogP contribution in [0.15, 0.2) is 39.6 Å². The Kier molecular flexibility index (Phi) is 8.81. The van der Waals surface area contributed by atoms with Gasteiger partial charge in [0, 0.05) is 0 Å². The van der Waals surface area contributed by atoms with E-state index < -0.39 is 22.1 Å². The predicted octanol–water partition coefficient (Wildman–Crippen LogP) is 5.14. The van der Waals surface area contributed by atoms with Crippen LogP contribution in [0.1, 0.15) is 68.4 Å². The summed E-state index contributed by atoms with van der Waals surface area (Å²) in [5.41, 5.74) is 2.91. The van der Waals surface area contributed by atoms with E-state index in [4.69, 9.17) is 11.6 Å². The normalized spacial score (nSPS) is 12.5. The van der Waals surface area contributed by atoms with E-state index in [2.05, 4.69) is 10.4 Å². The third-order valence-electron chi connectivity index (χ3n) is 4.99. The number of hydrogen-bond donors (Lipinski definition) is 2. The lowest BCUT2D eigenvalue weighted by Crippen LogP contribution is -2.15. The molecule has 1 amide bonds. The van der Waals surface area contributed by atoms with Gasteiger partial charge in [-0.25, -0.2) is 4.21 Å². The molecule has 2 aromatic carbocycles. The number of thiol groups is 1. The SMILES string of the molecule is CCCc1cc(C#N)cc(CCC)c1CC(=O)N=[SH](=O)c1ccc(C(C)(C)O)cc1Cl. The van der Waals surface area contributed by atoms with E-state index in [1.54, 1.807) is 26.0 Å². The molecular weight excluding hydrogens is 432 g/mol. The molecule has 0 aliphatic rings. The maximum absolute atomic E-state index is 12.7. The number of nitriles is 1. The Bertz CT molecular complexity index is 1060. The minimum Gasteiger partial charge on any atom is -0.386 e. The van der Waals surface area contributed by atoms with Gasteiger partial charge in [-0.2, -0.15) is 9.62 Å². The monoisotopic (exact) mass is 460 g/mol. The average Bonchev–Trinajstić information content (AvgIpc) is 2.69. The van der Waals surface area contributed by atoms with Gasteiger partial charge in [-0.1, -0.05) is 44.4 Å². The first kappa shape index (κ1) is 25.1. The molecule has 2 rings (SSSR count). The summed E-state index contributed by atoms with van der Waals surface area (Å²) in [5, 5.41) is 19.6. The van der Waals surface area contributed by atoms with Crippen LogP contribution in [-0.2, 0) is 40.3 Å². The van der Waals surface area contributed by atoms with Gasteiger partial charge in [0.25, 0.3) is 5.91 Å². The van der Waals surface area contributed by atoms with Gasteiger partial charge < -0.3 is 5.11 Å². The third kappa shape index (κ3) is 6.64. The third-order valence-corrected chi connectivity index (χ3v) is 6.64. The molecule has 166 valence electrons. The van der Waals surface area contributed by atoms with Crippen LogP contribution in [0.2, 0.25) is 5.02 Å². The Morgan fingerprint density at radius 2 is 1.74 bits per heavy atom. The number of aliphatic hydroxyl groups is 1. The summed E-state index contributed by atoms with van der Waals surface area (Å²) >= 11 is 6.24. The number of aryl methyl sites for hydroxylation is 2. The Morgan fingerprint density at radius 3 is 2.19 bits per heavy atom. The van der Waals surface area contributed by atoms with E-state index >= 15 is 0 Å². The van der Waals surface area contributed by atoms with Crippen molar-refractivity contribution in [3.05, 3.63) is 63.2 Å². The van der Waals surface area contributed by atoms with Crippen molar-refractivity contribution >= 4 is 28.1 Å². The fraction of sp³-hybridized carbons (Fsp3) is 0.417. The van der Waals surface area contributed by atoms with Gasteiger partial charge in [-0.15, -0.1) is 0 Å². The van der Waals surface area contributed by atoms with Crippen molar-refractivity contribution in [1.29, 1.82) is 5.26 Å². The van der Waals surface area contributed by atoms with Gasteiger partial charge in [0.1, 0.15) is 0 Å². The Hall–Kier alpha value is -2.20. The number of rotatable bonds is 8. The molecule has 0 bridgehead atoms. The highest BCUT2D eigenvalue weighted by Gasteiger charge is 2.18. The van der Waals surface area contributed by atoms with Crippen LogP contribution in [0.3, 0.4) is 0 Å². The molecule has 7 heteroatoms. The zero-order valence-corrected chi connectivity index (χ0v) is 20.1. The van der Waals surface area contributed by atoms with Gasteiger partial charge in [0.2, 0.25) is 0 Å². The molecular formula is C24H29ClN2O3S. The highest BCUT2D eigenvalue weighted by molar-refractivity contribution is 7.75. The molecule has 1 unspecified atom stereocenters. The van der Waals surface area contributed by atoms with Crippen molar-refractivity contribution in [2.75, 3.05) is 0 Å². The van der Waals surface area contributed by atoms with E-state index in [-0.39, 0.29) is 16.3 Å². The number of benzene rings is 2. The molecule has 0 saturated heterocycles. The molecule has 0 saturated carbocycles. The molecule has 1 N–H and O–H groups in total. The molecule has 0 aromatic heterocycles. The number of carbonyl (C=O) groups excluding carboxylic acids is 1. The van der Waals surface area contributed by atoms with Crippen LogP contribution in [0.25, 0.3) is 0 Å². The van der Waals surface area contributed by atoms with Crippen molar-refractivity contribution < 1.29 is 14.1 Å². The van der Waals surface area contributed by atoms with Crippen LogP contribution < -0.4 is 0 Å². The molecule has 31 heavy (non-hydrogen) atoms. The number of nitrogens with zero attached hydrogens (tertiary/aromatic N) is 2. The van der Waals surface area contributed by atoms with Crippen molar-refractivity contribution in [3.63, 3.8) is 0 Å². The molecule has 0 radical (unpaired) electrons. The van der Waals surface area contributed by atoms with E-state index in [9.17, 15) is 19.4 Å². The van der Waals surface area contributed by atoms with Gasteiger partial charge >= 0.3 is 0 Å². The fourth-order valence-electron chi connectivity index (χ4n) is 3.46. The van der Waals surface area contributed by atoms with Crippen LogP contribution in [0.5, 0.6) is 0 Å². The number of hydrogen-bond acceptors (Lipinski definition) is 4. The minimum atomic E-state index is -2.37. The maximum atomic E-state index is 12.7. The summed E-state index contributed by atoms with van der Waals surface area (Å²) in [6.45, 7) is 7.35. The Labute approximate surface area is 191 Å². The van der Waals surface area contributed by atoms with Gasteiger partial charge in [0.15, 0.2) is 0 Å². The highest BCUT2D eigenvalue weighted by atomic mass is 35.5. The summed E-state index contributed by atoms with van der Waals surface area (Å²) in [7, 11) is -2.37. The molecule has 1 atom stereocenters. The Balaban J connectivity index is 2.38.